The van der Waals surface area contributed by atoms with Gasteiger partial charge < -0.3 is 14.8 Å². The zero-order valence-electron chi connectivity index (χ0n) is 13.5. The molecule has 0 fully saturated rings. The van der Waals surface area contributed by atoms with Crippen molar-refractivity contribution >= 4 is 12.1 Å². The fraction of sp³-hybridized carbons (Fsp3) is 0.867. The summed E-state index contributed by atoms with van der Waals surface area (Å²) in [6, 6.07) is -0.701. The molecular weight excluding hydrogens is 258 g/mol. The first kappa shape index (κ1) is 18.7. The second-order valence-corrected chi connectivity index (χ2v) is 5.89. The lowest BCUT2D eigenvalue weighted by Crippen LogP contribution is -2.50. The van der Waals surface area contributed by atoms with Crippen LogP contribution in [0.25, 0.3) is 0 Å². The van der Waals surface area contributed by atoms with Gasteiger partial charge in [0.15, 0.2) is 0 Å². The highest BCUT2D eigenvalue weighted by Crippen LogP contribution is 2.20. The molecule has 1 amide bonds. The van der Waals surface area contributed by atoms with Crippen LogP contribution in [0, 0.1) is 5.41 Å². The van der Waals surface area contributed by atoms with Crippen molar-refractivity contribution < 1.29 is 19.1 Å². The number of nitrogens with one attached hydrogen (secondary N) is 1. The molecule has 1 unspecified atom stereocenters. The summed E-state index contributed by atoms with van der Waals surface area (Å²) < 4.78 is 10.1. The van der Waals surface area contributed by atoms with E-state index in [2.05, 4.69) is 12.2 Å². The van der Waals surface area contributed by atoms with E-state index < -0.39 is 23.5 Å². The molecule has 20 heavy (non-hydrogen) atoms. The molecule has 0 heterocycles. The van der Waals surface area contributed by atoms with Gasteiger partial charge in [-0.05, 0) is 18.8 Å². The molecule has 0 bridgehead atoms. The molecule has 0 saturated carbocycles. The first-order valence-corrected chi connectivity index (χ1v) is 7.42. The van der Waals surface area contributed by atoms with Gasteiger partial charge in [0, 0.05) is 0 Å². The van der Waals surface area contributed by atoms with Gasteiger partial charge in [-0.3, -0.25) is 0 Å². The number of hydrogen-bond donors (Lipinski definition) is 1. The summed E-state index contributed by atoms with van der Waals surface area (Å²) >= 11 is 0. The van der Waals surface area contributed by atoms with Gasteiger partial charge in [0.25, 0.3) is 0 Å². The number of esters is 1. The van der Waals surface area contributed by atoms with E-state index in [1.807, 2.05) is 20.8 Å². The molecule has 0 spiro atoms. The monoisotopic (exact) mass is 287 g/mol. The molecule has 1 atom stereocenters. The molecule has 0 aliphatic heterocycles. The Bertz CT molecular complexity index is 297. The zero-order valence-corrected chi connectivity index (χ0v) is 13.5. The van der Waals surface area contributed by atoms with Gasteiger partial charge in [0.1, 0.15) is 6.04 Å². The summed E-state index contributed by atoms with van der Waals surface area (Å²) in [7, 11) is 0. The molecule has 0 aromatic rings. The Hall–Kier alpha value is -1.26. The molecule has 1 N–H and O–H groups in total. The van der Waals surface area contributed by atoms with Gasteiger partial charge in [-0.1, -0.05) is 47.0 Å². The van der Waals surface area contributed by atoms with Gasteiger partial charge >= 0.3 is 12.1 Å². The third-order valence-electron chi connectivity index (χ3n) is 2.88. The highest BCUT2D eigenvalue weighted by atomic mass is 16.6. The van der Waals surface area contributed by atoms with E-state index in [1.54, 1.807) is 6.92 Å². The largest absolute Gasteiger partial charge is 0.464 e. The smallest absolute Gasteiger partial charge is 0.407 e. The van der Waals surface area contributed by atoms with Crippen molar-refractivity contribution in [1.82, 2.24) is 5.32 Å². The first-order chi connectivity index (χ1) is 9.32. The lowest BCUT2D eigenvalue weighted by Gasteiger charge is -2.29. The molecule has 118 valence electrons. The van der Waals surface area contributed by atoms with E-state index in [0.717, 1.165) is 25.7 Å². The minimum Gasteiger partial charge on any atom is -0.464 e. The Kier molecular flexibility index (Phi) is 9.01. The van der Waals surface area contributed by atoms with Crippen molar-refractivity contribution in [3.8, 4) is 0 Å². The summed E-state index contributed by atoms with van der Waals surface area (Å²) in [5, 5.41) is 2.57. The predicted octanol–water partition coefficient (Wildman–Crippen LogP) is 3.27. The molecule has 5 nitrogen and oxygen atoms in total. The average molecular weight is 287 g/mol. The first-order valence-electron chi connectivity index (χ1n) is 7.42. The molecule has 0 saturated heterocycles. The van der Waals surface area contributed by atoms with Crippen LogP contribution in [0.4, 0.5) is 4.79 Å². The SMILES string of the molecule is CCCCCCOC(=O)C(NC(=O)OCC)C(C)(C)C. The molecule has 0 aliphatic rings. The van der Waals surface area contributed by atoms with Crippen molar-refractivity contribution in [3.05, 3.63) is 0 Å². The summed E-state index contributed by atoms with van der Waals surface area (Å²) in [6.07, 6.45) is 3.60. The van der Waals surface area contributed by atoms with Crippen LogP contribution in [0.3, 0.4) is 0 Å². The van der Waals surface area contributed by atoms with Crippen LogP contribution < -0.4 is 5.32 Å². The van der Waals surface area contributed by atoms with Crippen LogP contribution in [0.5, 0.6) is 0 Å². The summed E-state index contributed by atoms with van der Waals surface area (Å²) in [4.78, 5) is 23.5. The predicted molar refractivity (Wildman–Crippen MR) is 78.5 cm³/mol. The van der Waals surface area contributed by atoms with Gasteiger partial charge in [-0.25, -0.2) is 9.59 Å². The molecule has 0 aromatic heterocycles. The van der Waals surface area contributed by atoms with Crippen LogP contribution in [0.2, 0.25) is 0 Å². The standard InChI is InChI=1S/C15H29NO4/c1-6-8-9-10-11-20-13(17)12(15(3,4)5)16-14(18)19-7-2/h12H,6-11H2,1-5H3,(H,16,18). The van der Waals surface area contributed by atoms with E-state index >= 15 is 0 Å². The second-order valence-electron chi connectivity index (χ2n) is 5.89. The van der Waals surface area contributed by atoms with E-state index in [4.69, 9.17) is 9.47 Å². The highest BCUT2D eigenvalue weighted by molar-refractivity contribution is 5.82. The second kappa shape index (κ2) is 9.61. The Labute approximate surface area is 122 Å². The third kappa shape index (κ3) is 8.02. The zero-order chi connectivity index (χ0) is 15.6. The van der Waals surface area contributed by atoms with E-state index in [0.29, 0.717) is 6.61 Å². The van der Waals surface area contributed by atoms with Crippen molar-refractivity contribution in [2.45, 2.75) is 66.3 Å². The number of alkyl carbamates (subject to hydrolysis) is 1. The van der Waals surface area contributed by atoms with Crippen LogP contribution in [-0.4, -0.2) is 31.3 Å². The average Bonchev–Trinajstić information content (AvgIpc) is 2.34. The van der Waals surface area contributed by atoms with Crippen molar-refractivity contribution in [2.75, 3.05) is 13.2 Å². The van der Waals surface area contributed by atoms with Gasteiger partial charge in [-0.2, -0.15) is 0 Å². The lowest BCUT2D eigenvalue weighted by atomic mass is 9.87. The quantitative estimate of drug-likeness (QED) is 0.549. The highest BCUT2D eigenvalue weighted by Gasteiger charge is 2.34. The van der Waals surface area contributed by atoms with Crippen LogP contribution in [-0.2, 0) is 14.3 Å². The van der Waals surface area contributed by atoms with Gasteiger partial charge in [0.2, 0.25) is 0 Å². The number of hydrogen-bond acceptors (Lipinski definition) is 4. The number of carbonyl (C=O) groups is 2. The Morgan fingerprint density at radius 3 is 2.20 bits per heavy atom. The molecule has 0 aliphatic carbocycles. The maximum Gasteiger partial charge on any atom is 0.407 e. The Morgan fingerprint density at radius 1 is 1.05 bits per heavy atom. The molecule has 5 heteroatoms. The fourth-order valence-corrected chi connectivity index (χ4v) is 1.70. The number of unbranched alkanes of at least 4 members (excludes halogenated alkanes) is 3. The van der Waals surface area contributed by atoms with Gasteiger partial charge in [0.05, 0.1) is 13.2 Å². The molecule has 0 rings (SSSR count). The van der Waals surface area contributed by atoms with Crippen molar-refractivity contribution in [2.24, 2.45) is 5.41 Å². The van der Waals surface area contributed by atoms with E-state index in [-0.39, 0.29) is 6.61 Å². The third-order valence-corrected chi connectivity index (χ3v) is 2.88. The number of rotatable bonds is 8. The van der Waals surface area contributed by atoms with Crippen LogP contribution in [0.1, 0.15) is 60.3 Å². The lowest BCUT2D eigenvalue weighted by molar-refractivity contribution is -0.149. The maximum absolute atomic E-state index is 12.1. The number of amides is 1. The van der Waals surface area contributed by atoms with E-state index in [9.17, 15) is 9.59 Å². The fourth-order valence-electron chi connectivity index (χ4n) is 1.70. The minimum atomic E-state index is -0.701. The molecular formula is C15H29NO4. The maximum atomic E-state index is 12.1. The normalized spacial score (nSPS) is 12.7. The van der Waals surface area contributed by atoms with Crippen molar-refractivity contribution in [3.63, 3.8) is 0 Å². The Balaban J connectivity index is 4.33. The number of ether oxygens (including phenoxy) is 2. The summed E-state index contributed by atoms with van der Waals surface area (Å²) in [5.74, 6) is -0.401. The Morgan fingerprint density at radius 2 is 1.70 bits per heavy atom. The minimum absolute atomic E-state index is 0.273. The molecule has 0 radical (unpaired) electrons. The van der Waals surface area contributed by atoms with Crippen LogP contribution >= 0.6 is 0 Å². The summed E-state index contributed by atoms with van der Waals surface area (Å²) in [6.45, 7) is 10.2. The van der Waals surface area contributed by atoms with E-state index in [1.165, 1.54) is 0 Å². The van der Waals surface area contributed by atoms with Crippen molar-refractivity contribution in [1.29, 1.82) is 0 Å². The van der Waals surface area contributed by atoms with Crippen LogP contribution in [0.15, 0.2) is 0 Å². The number of carbonyl (C=O) groups excluding carboxylic acids is 2. The van der Waals surface area contributed by atoms with Gasteiger partial charge in [-0.15, -0.1) is 0 Å². The summed E-state index contributed by atoms with van der Waals surface area (Å²) in [5.41, 5.74) is -0.423. The molecule has 0 aromatic carbocycles. The topological polar surface area (TPSA) is 64.6 Å².